The van der Waals surface area contributed by atoms with Crippen LogP contribution in [0.3, 0.4) is 0 Å². The Morgan fingerprint density at radius 2 is 2.00 bits per heavy atom. The Labute approximate surface area is 180 Å². The standard InChI is InChI=1S/C23H22N6O2/c1-4-13-27(5-2)15-21-25-26-23-16(3)24-22(17-9-7-6-8-10-17)19-12-11-18(29(30)31)14-20(19)28(21)23/h1,6-12,14,16H,5,13,15H2,2-3H3. The summed E-state index contributed by atoms with van der Waals surface area (Å²) < 4.78 is 1.89. The monoisotopic (exact) mass is 414 g/mol. The molecule has 2 heterocycles. The van der Waals surface area contributed by atoms with Crippen LogP contribution in [0.5, 0.6) is 0 Å². The van der Waals surface area contributed by atoms with Crippen LogP contribution in [-0.2, 0) is 6.54 Å². The molecule has 1 atom stereocenters. The van der Waals surface area contributed by atoms with Crippen LogP contribution < -0.4 is 0 Å². The highest BCUT2D eigenvalue weighted by atomic mass is 16.6. The van der Waals surface area contributed by atoms with E-state index in [0.717, 1.165) is 23.4 Å². The van der Waals surface area contributed by atoms with Crippen LogP contribution in [0.1, 0.15) is 42.7 Å². The van der Waals surface area contributed by atoms with E-state index in [9.17, 15) is 10.1 Å². The molecule has 31 heavy (non-hydrogen) atoms. The van der Waals surface area contributed by atoms with Crippen molar-refractivity contribution in [3.05, 3.63) is 81.4 Å². The predicted molar refractivity (Wildman–Crippen MR) is 118 cm³/mol. The molecule has 0 spiro atoms. The van der Waals surface area contributed by atoms with E-state index < -0.39 is 4.92 Å². The number of nitrogens with zero attached hydrogens (tertiary/aromatic N) is 6. The third-order valence-corrected chi connectivity index (χ3v) is 5.31. The molecule has 0 amide bonds. The fourth-order valence-corrected chi connectivity index (χ4v) is 3.74. The molecule has 1 aliphatic heterocycles. The summed E-state index contributed by atoms with van der Waals surface area (Å²) in [6.45, 7) is 5.67. The molecular formula is C23H22N6O2. The first-order valence-corrected chi connectivity index (χ1v) is 10.1. The van der Waals surface area contributed by atoms with E-state index in [2.05, 4.69) is 21.0 Å². The smallest absolute Gasteiger partial charge is 0.271 e. The summed E-state index contributed by atoms with van der Waals surface area (Å²) in [5, 5.41) is 20.3. The van der Waals surface area contributed by atoms with Gasteiger partial charge >= 0.3 is 0 Å². The van der Waals surface area contributed by atoms with E-state index >= 15 is 0 Å². The van der Waals surface area contributed by atoms with Gasteiger partial charge in [0.25, 0.3) is 5.69 Å². The second-order valence-corrected chi connectivity index (χ2v) is 7.30. The molecule has 1 aromatic heterocycles. The maximum Gasteiger partial charge on any atom is 0.271 e. The highest BCUT2D eigenvalue weighted by Crippen LogP contribution is 2.33. The Bertz CT molecular complexity index is 1190. The normalized spacial score (nSPS) is 14.9. The molecule has 2 aromatic carbocycles. The number of rotatable bonds is 6. The van der Waals surface area contributed by atoms with Gasteiger partial charge in [0.2, 0.25) is 0 Å². The lowest BCUT2D eigenvalue weighted by Gasteiger charge is -2.19. The first kappa shape index (κ1) is 20.4. The SMILES string of the molecule is C#CCN(CC)Cc1nnc2n1-c1cc([N+](=O)[O-])ccc1C(c1ccccc1)=NC2C. The highest BCUT2D eigenvalue weighted by molar-refractivity contribution is 6.15. The minimum Gasteiger partial charge on any atom is -0.285 e. The molecule has 4 rings (SSSR count). The largest absolute Gasteiger partial charge is 0.285 e. The van der Waals surface area contributed by atoms with Gasteiger partial charge in [-0.1, -0.05) is 43.2 Å². The Hall–Kier alpha value is -3.83. The summed E-state index contributed by atoms with van der Waals surface area (Å²) >= 11 is 0. The van der Waals surface area contributed by atoms with Gasteiger partial charge in [0.15, 0.2) is 11.6 Å². The van der Waals surface area contributed by atoms with Crippen molar-refractivity contribution in [2.45, 2.75) is 26.4 Å². The van der Waals surface area contributed by atoms with E-state index in [0.29, 0.717) is 30.4 Å². The summed E-state index contributed by atoms with van der Waals surface area (Å²) in [5.74, 6) is 3.97. The van der Waals surface area contributed by atoms with Gasteiger partial charge in [-0.25, -0.2) is 0 Å². The molecule has 8 nitrogen and oxygen atoms in total. The Morgan fingerprint density at radius 1 is 1.23 bits per heavy atom. The molecule has 8 heteroatoms. The Morgan fingerprint density at radius 3 is 2.68 bits per heavy atom. The van der Waals surface area contributed by atoms with Crippen molar-refractivity contribution in [2.24, 2.45) is 4.99 Å². The molecule has 0 saturated heterocycles. The summed E-state index contributed by atoms with van der Waals surface area (Å²) in [4.78, 5) is 18.1. The molecule has 0 saturated carbocycles. The number of nitro groups is 1. The Balaban J connectivity index is 1.94. The van der Waals surface area contributed by atoms with Crippen molar-refractivity contribution < 1.29 is 4.92 Å². The minimum atomic E-state index is -0.395. The van der Waals surface area contributed by atoms with Gasteiger partial charge in [0.05, 0.1) is 29.4 Å². The molecule has 156 valence electrons. The van der Waals surface area contributed by atoms with Crippen LogP contribution in [0.4, 0.5) is 5.69 Å². The number of aliphatic imine (C=N–C) groups is 1. The number of hydrogen-bond acceptors (Lipinski definition) is 6. The number of aromatic nitrogens is 3. The molecule has 1 unspecified atom stereocenters. The van der Waals surface area contributed by atoms with Crippen LogP contribution >= 0.6 is 0 Å². The fourth-order valence-electron chi connectivity index (χ4n) is 3.74. The van der Waals surface area contributed by atoms with Crippen LogP contribution in [0, 0.1) is 22.5 Å². The zero-order valence-electron chi connectivity index (χ0n) is 17.4. The molecule has 0 bridgehead atoms. The number of fused-ring (bicyclic) bond motifs is 3. The van der Waals surface area contributed by atoms with Gasteiger partial charge in [-0.2, -0.15) is 0 Å². The third kappa shape index (κ3) is 3.83. The average molecular weight is 414 g/mol. The Kier molecular flexibility index (Phi) is 5.60. The van der Waals surface area contributed by atoms with Crippen LogP contribution in [-0.4, -0.2) is 43.4 Å². The zero-order chi connectivity index (χ0) is 22.0. The number of hydrogen-bond donors (Lipinski definition) is 0. The van der Waals surface area contributed by atoms with Crippen LogP contribution in [0.15, 0.2) is 53.5 Å². The number of nitro benzene ring substituents is 1. The first-order chi connectivity index (χ1) is 15.0. The van der Waals surface area contributed by atoms with Crippen molar-refractivity contribution >= 4 is 11.4 Å². The van der Waals surface area contributed by atoms with Crippen molar-refractivity contribution in [3.63, 3.8) is 0 Å². The van der Waals surface area contributed by atoms with Gasteiger partial charge in [-0.3, -0.25) is 24.6 Å². The molecule has 0 aliphatic carbocycles. The van der Waals surface area contributed by atoms with Gasteiger partial charge in [-0.15, -0.1) is 16.6 Å². The summed E-state index contributed by atoms with van der Waals surface area (Å²) in [6, 6.07) is 14.3. The van der Waals surface area contributed by atoms with E-state index in [1.54, 1.807) is 12.1 Å². The molecule has 0 fully saturated rings. The fraction of sp³-hybridized carbons (Fsp3) is 0.261. The van der Waals surface area contributed by atoms with Gasteiger partial charge in [0.1, 0.15) is 6.04 Å². The number of non-ortho nitro benzene ring substituents is 1. The topological polar surface area (TPSA) is 89.5 Å². The molecular weight excluding hydrogens is 392 g/mol. The van der Waals surface area contributed by atoms with Crippen molar-refractivity contribution in [3.8, 4) is 18.0 Å². The van der Waals surface area contributed by atoms with E-state index in [4.69, 9.17) is 11.4 Å². The lowest BCUT2D eigenvalue weighted by molar-refractivity contribution is -0.384. The zero-order valence-corrected chi connectivity index (χ0v) is 17.4. The lowest BCUT2D eigenvalue weighted by atomic mass is 10.00. The molecule has 0 radical (unpaired) electrons. The maximum absolute atomic E-state index is 11.5. The lowest BCUT2D eigenvalue weighted by Crippen LogP contribution is -2.25. The molecule has 3 aromatic rings. The second-order valence-electron chi connectivity index (χ2n) is 7.30. The van der Waals surface area contributed by atoms with E-state index in [1.165, 1.54) is 6.07 Å². The maximum atomic E-state index is 11.5. The summed E-state index contributed by atoms with van der Waals surface area (Å²) in [7, 11) is 0. The van der Waals surface area contributed by atoms with Gasteiger partial charge in [-0.05, 0) is 19.5 Å². The number of benzene rings is 2. The molecule has 0 N–H and O–H groups in total. The first-order valence-electron chi connectivity index (χ1n) is 10.1. The second kappa shape index (κ2) is 8.50. The predicted octanol–water partition coefficient (Wildman–Crippen LogP) is 3.54. The van der Waals surface area contributed by atoms with Crippen molar-refractivity contribution in [2.75, 3.05) is 13.1 Å². The quantitative estimate of drug-likeness (QED) is 0.350. The van der Waals surface area contributed by atoms with E-state index in [-0.39, 0.29) is 11.7 Å². The molecule has 1 aliphatic rings. The summed E-state index contributed by atoms with van der Waals surface area (Å²) in [5.41, 5.74) is 3.15. The van der Waals surface area contributed by atoms with Gasteiger partial charge < -0.3 is 0 Å². The van der Waals surface area contributed by atoms with E-state index in [1.807, 2.05) is 48.7 Å². The minimum absolute atomic E-state index is 0.00212. The highest BCUT2D eigenvalue weighted by Gasteiger charge is 2.28. The summed E-state index contributed by atoms with van der Waals surface area (Å²) in [6.07, 6.45) is 5.50. The average Bonchev–Trinajstić information content (AvgIpc) is 3.15. The van der Waals surface area contributed by atoms with Crippen LogP contribution in [0.25, 0.3) is 5.69 Å². The van der Waals surface area contributed by atoms with Crippen LogP contribution in [0.2, 0.25) is 0 Å². The van der Waals surface area contributed by atoms with Crippen molar-refractivity contribution in [1.82, 2.24) is 19.7 Å². The van der Waals surface area contributed by atoms with Crippen molar-refractivity contribution in [1.29, 1.82) is 0 Å². The number of terminal acetylenes is 1. The van der Waals surface area contributed by atoms with Gasteiger partial charge in [0, 0.05) is 23.3 Å². The third-order valence-electron chi connectivity index (χ3n) is 5.31.